The molecular weight excluding hydrogens is 628 g/mol. The molecule has 47 heavy (non-hydrogen) atoms. The molecule has 12 heteroatoms. The van der Waals surface area contributed by atoms with Gasteiger partial charge in [0.05, 0.1) is 0 Å². The molecule has 1 heterocycles. The number of unbranched alkanes of at least 4 members (excludes halogenated alkanes) is 20. The van der Waals surface area contributed by atoms with Gasteiger partial charge < -0.3 is 24.1 Å². The van der Waals surface area contributed by atoms with E-state index in [1.807, 2.05) is 0 Å². The third kappa shape index (κ3) is 22.1. The van der Waals surface area contributed by atoms with Crippen molar-refractivity contribution in [3.05, 3.63) is 0 Å². The first kappa shape index (κ1) is 43.7. The first-order chi connectivity index (χ1) is 22.6. The molecule has 0 aromatic heterocycles. The van der Waals surface area contributed by atoms with Crippen LogP contribution in [-0.2, 0) is 43.1 Å². The van der Waals surface area contributed by atoms with E-state index in [1.165, 1.54) is 97.0 Å². The molecule has 0 aromatic carbocycles. The molecule has 0 amide bonds. The summed E-state index contributed by atoms with van der Waals surface area (Å²) < 4.78 is 58.5. The highest BCUT2D eigenvalue weighted by atomic mass is 32.3. The molecule has 0 unspecified atom stereocenters. The molecule has 0 radical (unpaired) electrons. The van der Waals surface area contributed by atoms with Crippen molar-refractivity contribution in [2.75, 3.05) is 13.7 Å². The van der Waals surface area contributed by atoms with Crippen molar-refractivity contribution in [1.29, 1.82) is 0 Å². The summed E-state index contributed by atoms with van der Waals surface area (Å²) in [7, 11) is -3.80. The van der Waals surface area contributed by atoms with Gasteiger partial charge in [-0.15, -0.1) is 0 Å². The molecule has 0 bridgehead atoms. The zero-order valence-corrected chi connectivity index (χ0v) is 30.4. The summed E-state index contributed by atoms with van der Waals surface area (Å²) in [6.45, 7) is 4.09. The number of methoxy groups -OCH3 is 1. The Bertz CT molecular complexity index is 898. The lowest BCUT2D eigenvalue weighted by Gasteiger charge is -2.42. The normalized spacial score (nSPS) is 21.5. The zero-order chi connectivity index (χ0) is 34.8. The third-order valence-corrected chi connectivity index (χ3v) is 9.19. The summed E-state index contributed by atoms with van der Waals surface area (Å²) in [5.41, 5.74) is 0. The largest absolute Gasteiger partial charge is 0.463 e. The summed E-state index contributed by atoms with van der Waals surface area (Å²) in [6.07, 6.45) is 18.0. The number of ether oxygens (including phenoxy) is 4. The van der Waals surface area contributed by atoms with Gasteiger partial charge in [0.25, 0.3) is 0 Å². The molecule has 1 aliphatic heterocycles. The first-order valence-electron chi connectivity index (χ1n) is 18.5. The van der Waals surface area contributed by atoms with Crippen LogP contribution in [0, 0.1) is 0 Å². The fourth-order valence-corrected chi connectivity index (χ4v) is 6.42. The molecule has 1 fully saturated rings. The molecule has 2 N–H and O–H groups in total. The van der Waals surface area contributed by atoms with Crippen LogP contribution in [0.15, 0.2) is 0 Å². The Morgan fingerprint density at radius 3 is 1.45 bits per heavy atom. The quantitative estimate of drug-likeness (QED) is 0.0430. The standard InChI is InChI=1S/C35H66O11S/c1-4-6-8-10-12-14-16-18-20-22-24-26-30(36)43-28-29-33(32(38)34(35(42-3)44-29)46-47(39,40)41)45-31(37)27-25-23-21-19-17-15-13-11-9-7-5-2/h29,32-35,38H,4-28H2,1-3H3,(H,39,40,41)/t29-,32+,33-,34-,35+/m1/s1. The molecule has 1 rings (SSSR count). The second kappa shape index (κ2) is 27.5. The molecular formula is C35H66O11S. The van der Waals surface area contributed by atoms with Crippen LogP contribution in [-0.4, -0.2) is 74.4 Å². The van der Waals surface area contributed by atoms with E-state index in [0.717, 1.165) is 38.5 Å². The second-order valence-electron chi connectivity index (χ2n) is 13.0. The Morgan fingerprint density at radius 1 is 0.638 bits per heavy atom. The molecule has 0 saturated carbocycles. The Kier molecular flexibility index (Phi) is 25.6. The molecule has 11 nitrogen and oxygen atoms in total. The van der Waals surface area contributed by atoms with Gasteiger partial charge in [-0.25, -0.2) is 4.18 Å². The van der Waals surface area contributed by atoms with Crippen LogP contribution in [0.1, 0.15) is 168 Å². The predicted octanol–water partition coefficient (Wildman–Crippen LogP) is 7.76. The Morgan fingerprint density at radius 2 is 1.04 bits per heavy atom. The van der Waals surface area contributed by atoms with Crippen molar-refractivity contribution in [3.8, 4) is 0 Å². The summed E-state index contributed by atoms with van der Waals surface area (Å²) in [4.78, 5) is 25.2. The Hall–Kier alpha value is -1.31. The van der Waals surface area contributed by atoms with Crippen LogP contribution in [0.4, 0.5) is 0 Å². The van der Waals surface area contributed by atoms with Gasteiger partial charge in [0.1, 0.15) is 18.8 Å². The van der Waals surface area contributed by atoms with E-state index in [9.17, 15) is 27.7 Å². The SMILES string of the molecule is CCCCCCCCCCCCCC(=O)OC[C@H]1O[C@H](OC)[C@H](OS(=O)(=O)O)[C@@H](O)[C@@H]1OC(=O)CCCCCCCCCCCCC. The number of esters is 2. The van der Waals surface area contributed by atoms with E-state index in [2.05, 4.69) is 18.0 Å². The minimum Gasteiger partial charge on any atom is -0.463 e. The minimum absolute atomic E-state index is 0.100. The number of hydrogen-bond acceptors (Lipinski definition) is 10. The van der Waals surface area contributed by atoms with Crippen LogP contribution in [0.25, 0.3) is 0 Å². The second-order valence-corrected chi connectivity index (χ2v) is 14.0. The van der Waals surface area contributed by atoms with Crippen molar-refractivity contribution in [3.63, 3.8) is 0 Å². The smallest absolute Gasteiger partial charge is 0.397 e. The molecule has 0 aromatic rings. The first-order valence-corrected chi connectivity index (χ1v) is 19.9. The molecule has 5 atom stereocenters. The highest BCUT2D eigenvalue weighted by Crippen LogP contribution is 2.28. The van der Waals surface area contributed by atoms with Crippen molar-refractivity contribution < 1.29 is 50.8 Å². The molecule has 1 aliphatic rings. The lowest BCUT2D eigenvalue weighted by Crippen LogP contribution is -2.61. The maximum Gasteiger partial charge on any atom is 0.397 e. The Balaban J connectivity index is 2.50. The van der Waals surface area contributed by atoms with Gasteiger partial charge in [0, 0.05) is 20.0 Å². The van der Waals surface area contributed by atoms with E-state index >= 15 is 0 Å². The van der Waals surface area contributed by atoms with Gasteiger partial charge in [0.2, 0.25) is 0 Å². The minimum atomic E-state index is -5.00. The van der Waals surface area contributed by atoms with E-state index < -0.39 is 53.0 Å². The fraction of sp³-hybridized carbons (Fsp3) is 0.943. The fourth-order valence-electron chi connectivity index (χ4n) is 5.93. The van der Waals surface area contributed by atoms with Gasteiger partial charge in [-0.1, -0.05) is 142 Å². The molecule has 278 valence electrons. The van der Waals surface area contributed by atoms with Crippen LogP contribution in [0.2, 0.25) is 0 Å². The third-order valence-electron chi connectivity index (χ3n) is 8.73. The number of carbonyl (C=O) groups is 2. The number of rotatable bonds is 30. The maximum absolute atomic E-state index is 12.7. The summed E-state index contributed by atoms with van der Waals surface area (Å²) in [5, 5.41) is 11.0. The summed E-state index contributed by atoms with van der Waals surface area (Å²) in [6, 6.07) is 0. The Labute approximate surface area is 285 Å². The number of hydrogen-bond donors (Lipinski definition) is 2. The van der Waals surface area contributed by atoms with Crippen LogP contribution in [0.5, 0.6) is 0 Å². The number of carbonyl (C=O) groups excluding carboxylic acids is 2. The van der Waals surface area contributed by atoms with E-state index in [-0.39, 0.29) is 19.4 Å². The van der Waals surface area contributed by atoms with Crippen molar-refractivity contribution in [2.45, 2.75) is 199 Å². The molecule has 0 spiro atoms. The van der Waals surface area contributed by atoms with Crippen LogP contribution >= 0.6 is 0 Å². The summed E-state index contributed by atoms with van der Waals surface area (Å²) in [5.74, 6) is -1.05. The monoisotopic (exact) mass is 694 g/mol. The van der Waals surface area contributed by atoms with Crippen molar-refractivity contribution in [2.24, 2.45) is 0 Å². The predicted molar refractivity (Wildman–Crippen MR) is 181 cm³/mol. The van der Waals surface area contributed by atoms with Crippen LogP contribution in [0.3, 0.4) is 0 Å². The van der Waals surface area contributed by atoms with Crippen molar-refractivity contribution in [1.82, 2.24) is 0 Å². The molecule has 0 aliphatic carbocycles. The molecule has 1 saturated heterocycles. The lowest BCUT2D eigenvalue weighted by molar-refractivity contribution is -0.292. The van der Waals surface area contributed by atoms with Crippen molar-refractivity contribution >= 4 is 22.3 Å². The van der Waals surface area contributed by atoms with E-state index in [4.69, 9.17) is 18.9 Å². The average Bonchev–Trinajstić information content (AvgIpc) is 3.03. The zero-order valence-electron chi connectivity index (χ0n) is 29.5. The van der Waals surface area contributed by atoms with Gasteiger partial charge in [-0.05, 0) is 12.8 Å². The van der Waals surface area contributed by atoms with Gasteiger partial charge in [-0.2, -0.15) is 8.42 Å². The van der Waals surface area contributed by atoms with Gasteiger partial charge in [-0.3, -0.25) is 14.1 Å². The van der Waals surface area contributed by atoms with E-state index in [0.29, 0.717) is 12.8 Å². The van der Waals surface area contributed by atoms with Gasteiger partial charge in [0.15, 0.2) is 18.5 Å². The average molecular weight is 695 g/mol. The van der Waals surface area contributed by atoms with Crippen LogP contribution < -0.4 is 0 Å². The topological polar surface area (TPSA) is 155 Å². The van der Waals surface area contributed by atoms with E-state index in [1.54, 1.807) is 0 Å². The highest BCUT2D eigenvalue weighted by molar-refractivity contribution is 7.80. The lowest BCUT2D eigenvalue weighted by atomic mass is 9.99. The number of aliphatic hydroxyl groups excluding tert-OH is 1. The summed E-state index contributed by atoms with van der Waals surface area (Å²) >= 11 is 0. The number of aliphatic hydroxyl groups is 1. The maximum atomic E-state index is 12.7. The highest BCUT2D eigenvalue weighted by Gasteiger charge is 2.50. The van der Waals surface area contributed by atoms with Gasteiger partial charge >= 0.3 is 22.3 Å².